The minimum atomic E-state index is -0.857. The number of fused-ring (bicyclic) bond motifs is 1. The second-order valence-corrected chi connectivity index (χ2v) is 9.45. The molecule has 1 aliphatic rings. The Bertz CT molecular complexity index is 1600. The van der Waals surface area contributed by atoms with Gasteiger partial charge >= 0.3 is 0 Å². The number of nitrogens with one attached hydrogen (secondary N) is 2. The Morgan fingerprint density at radius 3 is 2.56 bits per heavy atom. The van der Waals surface area contributed by atoms with Gasteiger partial charge in [0.2, 0.25) is 5.91 Å². The molecule has 2 heterocycles. The Labute approximate surface area is 229 Å². The van der Waals surface area contributed by atoms with Crippen LogP contribution in [0.2, 0.25) is 5.02 Å². The van der Waals surface area contributed by atoms with E-state index in [1.807, 2.05) is 6.07 Å². The lowest BCUT2D eigenvalue weighted by molar-refractivity contribution is -0.120. The van der Waals surface area contributed by atoms with Gasteiger partial charge in [-0.1, -0.05) is 41.9 Å². The first-order valence-corrected chi connectivity index (χ1v) is 12.5. The zero-order valence-electron chi connectivity index (χ0n) is 20.6. The molecule has 1 aromatic heterocycles. The van der Waals surface area contributed by atoms with Crippen LogP contribution in [0.4, 0.5) is 11.5 Å². The molecule has 3 amide bonds. The van der Waals surface area contributed by atoms with Gasteiger partial charge in [-0.2, -0.15) is 5.26 Å². The van der Waals surface area contributed by atoms with E-state index in [1.54, 1.807) is 85.1 Å². The van der Waals surface area contributed by atoms with Gasteiger partial charge in [0.05, 0.1) is 22.9 Å². The molecule has 192 valence electrons. The Kier molecular flexibility index (Phi) is 7.34. The van der Waals surface area contributed by atoms with Crippen molar-refractivity contribution in [2.75, 3.05) is 10.6 Å². The summed E-state index contributed by atoms with van der Waals surface area (Å²) in [5.41, 5.74) is 3.05. The van der Waals surface area contributed by atoms with Gasteiger partial charge in [0, 0.05) is 29.7 Å². The summed E-state index contributed by atoms with van der Waals surface area (Å²) in [6.07, 6.45) is 1.80. The maximum Gasteiger partial charge on any atom is 0.256 e. The number of nitrogens with zero attached hydrogens (tertiary/aromatic N) is 3. The molecule has 39 heavy (non-hydrogen) atoms. The fourth-order valence-electron chi connectivity index (χ4n) is 4.42. The Hall–Kier alpha value is -5.00. The molecule has 4 aromatic rings. The highest BCUT2D eigenvalue weighted by Gasteiger charge is 2.35. The minimum Gasteiger partial charge on any atom is -0.323 e. The molecular formula is C30H22ClN5O3. The first-order chi connectivity index (χ1) is 18.9. The van der Waals surface area contributed by atoms with Crippen LogP contribution >= 0.6 is 11.6 Å². The van der Waals surface area contributed by atoms with Crippen LogP contribution in [0.25, 0.3) is 0 Å². The smallest absolute Gasteiger partial charge is 0.256 e. The van der Waals surface area contributed by atoms with E-state index >= 15 is 0 Å². The van der Waals surface area contributed by atoms with E-state index in [9.17, 15) is 19.6 Å². The van der Waals surface area contributed by atoms with Crippen LogP contribution in [0.15, 0.2) is 91.1 Å². The summed E-state index contributed by atoms with van der Waals surface area (Å²) in [4.78, 5) is 45.4. The van der Waals surface area contributed by atoms with Gasteiger partial charge in [0.15, 0.2) is 0 Å². The average molecular weight is 536 g/mol. The van der Waals surface area contributed by atoms with Crippen molar-refractivity contribution in [3.8, 4) is 6.07 Å². The number of halogens is 1. The molecule has 0 radical (unpaired) electrons. The summed E-state index contributed by atoms with van der Waals surface area (Å²) in [6, 6.07) is 25.0. The van der Waals surface area contributed by atoms with Crippen molar-refractivity contribution >= 4 is 40.8 Å². The van der Waals surface area contributed by atoms with Gasteiger partial charge in [-0.3, -0.25) is 14.4 Å². The van der Waals surface area contributed by atoms with Gasteiger partial charge in [-0.05, 0) is 65.7 Å². The van der Waals surface area contributed by atoms with Crippen LogP contribution in [0.1, 0.15) is 37.4 Å². The molecule has 8 nitrogen and oxygen atoms in total. The Morgan fingerprint density at radius 1 is 1.00 bits per heavy atom. The predicted octanol–water partition coefficient (Wildman–Crippen LogP) is 5.06. The number of nitriles is 1. The van der Waals surface area contributed by atoms with Gasteiger partial charge < -0.3 is 15.5 Å². The van der Waals surface area contributed by atoms with Crippen LogP contribution < -0.4 is 10.6 Å². The number of carbonyl (C=O) groups excluding carboxylic acids is 3. The SMILES string of the molecule is N#Cc1cccc(C[C@@H]2C(=O)Nc3cc(Cl)ccc3C(=O)N2Cc2ccc(C(=O)Nc3ccccn3)cc2)c1. The van der Waals surface area contributed by atoms with Crippen LogP contribution in [0, 0.1) is 11.3 Å². The van der Waals surface area contributed by atoms with E-state index < -0.39 is 6.04 Å². The summed E-state index contributed by atoms with van der Waals surface area (Å²) in [5, 5.41) is 15.3. The zero-order chi connectivity index (χ0) is 27.4. The van der Waals surface area contributed by atoms with E-state index in [-0.39, 0.29) is 30.7 Å². The van der Waals surface area contributed by atoms with Gasteiger partial charge in [-0.15, -0.1) is 0 Å². The van der Waals surface area contributed by atoms with Crippen molar-refractivity contribution < 1.29 is 14.4 Å². The van der Waals surface area contributed by atoms with Crippen molar-refractivity contribution in [3.05, 3.63) is 124 Å². The van der Waals surface area contributed by atoms with Crippen LogP contribution in [-0.4, -0.2) is 33.6 Å². The predicted molar refractivity (Wildman–Crippen MR) is 147 cm³/mol. The fourth-order valence-corrected chi connectivity index (χ4v) is 4.59. The third-order valence-corrected chi connectivity index (χ3v) is 6.61. The van der Waals surface area contributed by atoms with Crippen molar-refractivity contribution in [1.29, 1.82) is 5.26 Å². The quantitative estimate of drug-likeness (QED) is 0.358. The first-order valence-electron chi connectivity index (χ1n) is 12.1. The molecule has 2 N–H and O–H groups in total. The minimum absolute atomic E-state index is 0.124. The summed E-state index contributed by atoms with van der Waals surface area (Å²) in [6.45, 7) is 0.124. The van der Waals surface area contributed by atoms with Crippen molar-refractivity contribution in [2.24, 2.45) is 0 Å². The van der Waals surface area contributed by atoms with Gasteiger partial charge in [0.25, 0.3) is 11.8 Å². The number of aromatic nitrogens is 1. The Morgan fingerprint density at radius 2 is 1.82 bits per heavy atom. The third kappa shape index (κ3) is 5.79. The number of pyridine rings is 1. The molecule has 0 bridgehead atoms. The summed E-state index contributed by atoms with van der Waals surface area (Å²) in [7, 11) is 0. The molecule has 0 fully saturated rings. The molecule has 0 spiro atoms. The average Bonchev–Trinajstić information content (AvgIpc) is 3.03. The lowest BCUT2D eigenvalue weighted by Gasteiger charge is -2.29. The van der Waals surface area contributed by atoms with E-state index in [1.165, 1.54) is 4.90 Å². The molecule has 0 saturated heterocycles. The van der Waals surface area contributed by atoms with Crippen molar-refractivity contribution in [2.45, 2.75) is 19.0 Å². The van der Waals surface area contributed by atoms with Crippen LogP contribution in [0.3, 0.4) is 0 Å². The molecule has 1 atom stereocenters. The number of hydrogen-bond acceptors (Lipinski definition) is 5. The number of anilines is 2. The second-order valence-electron chi connectivity index (χ2n) is 9.01. The van der Waals surface area contributed by atoms with Gasteiger partial charge in [0.1, 0.15) is 11.9 Å². The zero-order valence-corrected chi connectivity index (χ0v) is 21.4. The number of amides is 3. The standard InChI is InChI=1S/C30H22ClN5O3/c31-23-11-12-24-25(16-23)34-29(38)26(15-20-4-3-5-21(14-20)17-32)36(30(24)39)18-19-7-9-22(10-8-19)28(37)35-27-6-1-2-13-33-27/h1-14,16,26H,15,18H2,(H,34,38)(H,33,35,37)/t26-/m1/s1. The highest BCUT2D eigenvalue weighted by Crippen LogP contribution is 2.29. The molecular weight excluding hydrogens is 514 g/mol. The lowest BCUT2D eigenvalue weighted by atomic mass is 10.0. The highest BCUT2D eigenvalue weighted by atomic mass is 35.5. The molecule has 9 heteroatoms. The third-order valence-electron chi connectivity index (χ3n) is 6.37. The van der Waals surface area contributed by atoms with E-state index in [0.717, 1.165) is 11.1 Å². The summed E-state index contributed by atoms with van der Waals surface area (Å²) >= 11 is 6.14. The van der Waals surface area contributed by atoms with Crippen LogP contribution in [-0.2, 0) is 17.8 Å². The maximum absolute atomic E-state index is 13.8. The van der Waals surface area contributed by atoms with Crippen LogP contribution in [0.5, 0.6) is 0 Å². The fraction of sp³-hybridized carbons (Fsp3) is 0.100. The highest BCUT2D eigenvalue weighted by molar-refractivity contribution is 6.31. The number of rotatable bonds is 6. The number of benzene rings is 3. The second kappa shape index (κ2) is 11.2. The largest absolute Gasteiger partial charge is 0.323 e. The van der Waals surface area contributed by atoms with E-state index in [2.05, 4.69) is 21.7 Å². The topological polar surface area (TPSA) is 115 Å². The van der Waals surface area contributed by atoms with Gasteiger partial charge in [-0.25, -0.2) is 4.98 Å². The molecule has 0 saturated carbocycles. The molecule has 0 aliphatic carbocycles. The van der Waals surface area contributed by atoms with E-state index in [0.29, 0.717) is 33.2 Å². The summed E-state index contributed by atoms with van der Waals surface area (Å²) in [5.74, 6) is -0.571. The Balaban J connectivity index is 1.43. The monoisotopic (exact) mass is 535 g/mol. The molecule has 1 aliphatic heterocycles. The van der Waals surface area contributed by atoms with E-state index in [4.69, 9.17) is 11.6 Å². The normalized spacial score (nSPS) is 14.6. The molecule has 0 unspecified atom stereocenters. The van der Waals surface area contributed by atoms with Crippen molar-refractivity contribution in [1.82, 2.24) is 9.88 Å². The molecule has 5 rings (SSSR count). The van der Waals surface area contributed by atoms with Crippen molar-refractivity contribution in [3.63, 3.8) is 0 Å². The molecule has 3 aromatic carbocycles. The number of hydrogen-bond donors (Lipinski definition) is 2. The number of carbonyl (C=O) groups is 3. The lowest BCUT2D eigenvalue weighted by Crippen LogP contribution is -2.46. The first kappa shape index (κ1) is 25.6. The summed E-state index contributed by atoms with van der Waals surface area (Å²) < 4.78 is 0. The maximum atomic E-state index is 13.8.